The summed E-state index contributed by atoms with van der Waals surface area (Å²) in [6.45, 7) is 1.63. The van der Waals surface area contributed by atoms with E-state index in [4.69, 9.17) is 4.74 Å². The van der Waals surface area contributed by atoms with Crippen LogP contribution in [0.2, 0.25) is 0 Å². The molecule has 21 heavy (non-hydrogen) atoms. The van der Waals surface area contributed by atoms with E-state index < -0.39 is 0 Å². The molecule has 5 nitrogen and oxygen atoms in total. The fraction of sp³-hybridized carbons (Fsp3) is 0.625. The topological polar surface area (TPSA) is 63.2 Å². The van der Waals surface area contributed by atoms with Crippen molar-refractivity contribution in [2.45, 2.75) is 50.7 Å². The van der Waals surface area contributed by atoms with E-state index in [9.17, 15) is 4.79 Å². The molecule has 1 amide bonds. The van der Waals surface area contributed by atoms with Gasteiger partial charge in [0.05, 0.1) is 17.4 Å². The average molecular weight is 289 g/mol. The van der Waals surface area contributed by atoms with Crippen molar-refractivity contribution in [1.82, 2.24) is 10.3 Å². The van der Waals surface area contributed by atoms with Gasteiger partial charge >= 0.3 is 0 Å². The first kappa shape index (κ1) is 14.3. The molecule has 0 bridgehead atoms. The zero-order chi connectivity index (χ0) is 14.5. The highest BCUT2D eigenvalue weighted by molar-refractivity contribution is 5.94. The molecule has 3 rings (SSSR count). The number of carbonyl (C=O) groups excluding carboxylic acids is 1. The number of nitrogens with zero attached hydrogens (tertiary/aromatic N) is 1. The number of anilines is 1. The highest BCUT2D eigenvalue weighted by Crippen LogP contribution is 2.19. The Hall–Kier alpha value is -1.62. The van der Waals surface area contributed by atoms with Gasteiger partial charge in [-0.15, -0.1) is 0 Å². The number of carbonyl (C=O) groups is 1. The molecule has 0 radical (unpaired) electrons. The molecule has 1 aliphatic heterocycles. The fourth-order valence-corrected chi connectivity index (χ4v) is 3.04. The number of amides is 1. The minimum Gasteiger partial charge on any atom is -0.381 e. The molecule has 1 atom stereocenters. The third kappa shape index (κ3) is 3.94. The normalized spacial score (nSPS) is 22.4. The minimum atomic E-state index is -0.0184. The average Bonchev–Trinajstić information content (AvgIpc) is 3.19. The Morgan fingerprint density at radius 3 is 2.86 bits per heavy atom. The predicted molar refractivity (Wildman–Crippen MR) is 81.4 cm³/mol. The highest BCUT2D eigenvalue weighted by atomic mass is 16.5. The molecule has 1 saturated heterocycles. The summed E-state index contributed by atoms with van der Waals surface area (Å²) < 4.78 is 5.58. The van der Waals surface area contributed by atoms with Gasteiger partial charge in [-0.2, -0.15) is 0 Å². The fourth-order valence-electron chi connectivity index (χ4n) is 3.04. The van der Waals surface area contributed by atoms with Gasteiger partial charge < -0.3 is 15.4 Å². The van der Waals surface area contributed by atoms with Gasteiger partial charge in [0, 0.05) is 31.6 Å². The Balaban J connectivity index is 1.55. The first-order valence-electron chi connectivity index (χ1n) is 7.92. The molecule has 2 heterocycles. The SMILES string of the molecule is O=C(NC1CCCC1)c1cncc(NCC2CCCO2)c1. The maximum atomic E-state index is 12.2. The van der Waals surface area contributed by atoms with Crippen LogP contribution in [0.5, 0.6) is 0 Å². The van der Waals surface area contributed by atoms with Crippen molar-refractivity contribution in [3.63, 3.8) is 0 Å². The molecule has 1 aromatic rings. The number of rotatable bonds is 5. The summed E-state index contributed by atoms with van der Waals surface area (Å²) in [5, 5.41) is 6.40. The van der Waals surface area contributed by atoms with Gasteiger partial charge in [-0.1, -0.05) is 12.8 Å². The first-order chi connectivity index (χ1) is 10.3. The van der Waals surface area contributed by atoms with Crippen LogP contribution in [0.1, 0.15) is 48.9 Å². The molecule has 2 N–H and O–H groups in total. The van der Waals surface area contributed by atoms with Crippen molar-refractivity contribution in [2.75, 3.05) is 18.5 Å². The lowest BCUT2D eigenvalue weighted by molar-refractivity contribution is 0.0937. The Morgan fingerprint density at radius 1 is 1.24 bits per heavy atom. The van der Waals surface area contributed by atoms with Crippen LogP contribution < -0.4 is 10.6 Å². The second kappa shape index (κ2) is 6.89. The molecule has 2 aliphatic rings. The van der Waals surface area contributed by atoms with E-state index in [0.717, 1.165) is 44.5 Å². The number of aromatic nitrogens is 1. The Bertz CT molecular complexity index is 480. The molecule has 1 unspecified atom stereocenters. The van der Waals surface area contributed by atoms with Crippen LogP contribution in [0, 0.1) is 0 Å². The largest absolute Gasteiger partial charge is 0.381 e. The van der Waals surface area contributed by atoms with E-state index in [1.54, 1.807) is 12.4 Å². The van der Waals surface area contributed by atoms with E-state index >= 15 is 0 Å². The summed E-state index contributed by atoms with van der Waals surface area (Å²) in [5.74, 6) is -0.0184. The molecule has 0 spiro atoms. The summed E-state index contributed by atoms with van der Waals surface area (Å²) in [6, 6.07) is 2.20. The van der Waals surface area contributed by atoms with Crippen LogP contribution in [-0.4, -0.2) is 36.2 Å². The number of hydrogen-bond acceptors (Lipinski definition) is 4. The minimum absolute atomic E-state index is 0.0184. The van der Waals surface area contributed by atoms with E-state index in [1.165, 1.54) is 12.8 Å². The maximum Gasteiger partial charge on any atom is 0.253 e. The molecule has 1 aliphatic carbocycles. The zero-order valence-corrected chi connectivity index (χ0v) is 12.3. The van der Waals surface area contributed by atoms with Crippen molar-refractivity contribution < 1.29 is 9.53 Å². The lowest BCUT2D eigenvalue weighted by Crippen LogP contribution is -2.32. The second-order valence-electron chi connectivity index (χ2n) is 5.93. The highest BCUT2D eigenvalue weighted by Gasteiger charge is 2.18. The van der Waals surface area contributed by atoms with Crippen LogP contribution in [0.3, 0.4) is 0 Å². The molecular formula is C16H23N3O2. The molecule has 1 aromatic heterocycles. The molecule has 114 valence electrons. The quantitative estimate of drug-likeness (QED) is 0.873. The second-order valence-corrected chi connectivity index (χ2v) is 5.93. The van der Waals surface area contributed by atoms with Gasteiger partial charge in [0.2, 0.25) is 0 Å². The smallest absolute Gasteiger partial charge is 0.253 e. The molecular weight excluding hydrogens is 266 g/mol. The third-order valence-corrected chi connectivity index (χ3v) is 4.25. The van der Waals surface area contributed by atoms with E-state index in [0.29, 0.717) is 11.6 Å². The van der Waals surface area contributed by atoms with Gasteiger partial charge in [0.1, 0.15) is 0 Å². The van der Waals surface area contributed by atoms with Crippen LogP contribution in [0.4, 0.5) is 5.69 Å². The summed E-state index contributed by atoms with van der Waals surface area (Å²) in [5.41, 5.74) is 1.50. The summed E-state index contributed by atoms with van der Waals surface area (Å²) in [6.07, 6.45) is 10.5. The number of ether oxygens (including phenoxy) is 1. The van der Waals surface area contributed by atoms with Crippen LogP contribution in [-0.2, 0) is 4.74 Å². The standard InChI is InChI=1S/C16H23N3O2/c20-16(19-13-4-1-2-5-13)12-8-14(10-17-9-12)18-11-15-6-3-7-21-15/h8-10,13,15,18H,1-7,11H2,(H,19,20). The van der Waals surface area contributed by atoms with E-state index in [-0.39, 0.29) is 12.0 Å². The van der Waals surface area contributed by atoms with Crippen molar-refractivity contribution >= 4 is 11.6 Å². The summed E-state index contributed by atoms with van der Waals surface area (Å²) in [4.78, 5) is 16.4. The molecule has 5 heteroatoms. The van der Waals surface area contributed by atoms with Crippen molar-refractivity contribution in [3.8, 4) is 0 Å². The van der Waals surface area contributed by atoms with Crippen molar-refractivity contribution in [2.24, 2.45) is 0 Å². The van der Waals surface area contributed by atoms with Crippen LogP contribution in [0.25, 0.3) is 0 Å². The van der Waals surface area contributed by atoms with Gasteiger partial charge in [-0.05, 0) is 31.7 Å². The lowest BCUT2D eigenvalue weighted by Gasteiger charge is -2.14. The summed E-state index contributed by atoms with van der Waals surface area (Å²) >= 11 is 0. The maximum absolute atomic E-state index is 12.2. The molecule has 0 aromatic carbocycles. The Labute approximate surface area is 125 Å². The van der Waals surface area contributed by atoms with Crippen molar-refractivity contribution in [3.05, 3.63) is 24.0 Å². The van der Waals surface area contributed by atoms with E-state index in [2.05, 4.69) is 15.6 Å². The number of hydrogen-bond donors (Lipinski definition) is 2. The monoisotopic (exact) mass is 289 g/mol. The van der Waals surface area contributed by atoms with Gasteiger partial charge in [-0.25, -0.2) is 0 Å². The molecule has 1 saturated carbocycles. The van der Waals surface area contributed by atoms with Gasteiger partial charge in [-0.3, -0.25) is 9.78 Å². The zero-order valence-electron chi connectivity index (χ0n) is 12.3. The summed E-state index contributed by atoms with van der Waals surface area (Å²) in [7, 11) is 0. The van der Waals surface area contributed by atoms with Gasteiger partial charge in [0.15, 0.2) is 0 Å². The van der Waals surface area contributed by atoms with Gasteiger partial charge in [0.25, 0.3) is 5.91 Å². The third-order valence-electron chi connectivity index (χ3n) is 4.25. The Morgan fingerprint density at radius 2 is 2.10 bits per heavy atom. The van der Waals surface area contributed by atoms with Crippen LogP contribution in [0.15, 0.2) is 18.5 Å². The van der Waals surface area contributed by atoms with E-state index in [1.807, 2.05) is 6.07 Å². The first-order valence-corrected chi connectivity index (χ1v) is 7.92. The number of nitrogens with one attached hydrogen (secondary N) is 2. The lowest BCUT2D eigenvalue weighted by atomic mass is 10.2. The number of pyridine rings is 1. The predicted octanol–water partition coefficient (Wildman–Crippen LogP) is 2.34. The molecule has 2 fully saturated rings. The van der Waals surface area contributed by atoms with Crippen molar-refractivity contribution in [1.29, 1.82) is 0 Å². The van der Waals surface area contributed by atoms with Crippen LogP contribution >= 0.6 is 0 Å². The Kier molecular flexibility index (Phi) is 4.70.